The summed E-state index contributed by atoms with van der Waals surface area (Å²) in [5.74, 6) is -0.608. The van der Waals surface area contributed by atoms with E-state index in [1.54, 1.807) is 12.1 Å². The molecule has 0 unspecified atom stereocenters. The maximum absolute atomic E-state index is 13.1. The van der Waals surface area contributed by atoms with Gasteiger partial charge in [-0.2, -0.15) is 0 Å². The Bertz CT molecular complexity index is 1140. The van der Waals surface area contributed by atoms with Gasteiger partial charge in [-0.1, -0.05) is 71.4 Å². The zero-order valence-corrected chi connectivity index (χ0v) is 18.5. The summed E-state index contributed by atoms with van der Waals surface area (Å²) in [6.07, 6.45) is 0.0635. The Balaban J connectivity index is 1.59. The number of hydrogen-bond donors (Lipinski definition) is 1. The summed E-state index contributed by atoms with van der Waals surface area (Å²) in [7, 11) is 0. The summed E-state index contributed by atoms with van der Waals surface area (Å²) in [6.45, 7) is 0. The van der Waals surface area contributed by atoms with Gasteiger partial charge in [0.25, 0.3) is 0 Å². The fourth-order valence-corrected chi connectivity index (χ4v) is 4.40. The van der Waals surface area contributed by atoms with E-state index in [1.165, 1.54) is 17.8 Å². The van der Waals surface area contributed by atoms with Crippen molar-refractivity contribution < 1.29 is 9.59 Å². The van der Waals surface area contributed by atoms with Crippen LogP contribution in [-0.2, 0) is 9.59 Å². The first kappa shape index (κ1) is 21.4. The summed E-state index contributed by atoms with van der Waals surface area (Å²) in [6, 6.07) is 23.7. The highest BCUT2D eigenvalue weighted by Gasteiger charge is 2.41. The third-order valence-corrected chi connectivity index (χ3v) is 6.34. The number of hydrogen-bond acceptors (Lipinski definition) is 4. The summed E-state index contributed by atoms with van der Waals surface area (Å²) >= 11 is 13.3. The Hall–Kier alpha value is -2.80. The van der Waals surface area contributed by atoms with E-state index in [0.717, 1.165) is 16.3 Å². The van der Waals surface area contributed by atoms with Gasteiger partial charge in [0, 0.05) is 12.1 Å². The topological polar surface area (TPSA) is 61.8 Å². The summed E-state index contributed by atoms with van der Waals surface area (Å²) in [4.78, 5) is 31.5. The van der Waals surface area contributed by atoms with E-state index in [2.05, 4.69) is 10.3 Å². The number of halogens is 2. The Kier molecular flexibility index (Phi) is 6.61. The third kappa shape index (κ3) is 5.10. The van der Waals surface area contributed by atoms with Gasteiger partial charge in [0.15, 0.2) is 5.17 Å². The average Bonchev–Trinajstić information content (AvgIpc) is 3.04. The number of amides is 2. The molecule has 1 atom stereocenters. The Labute approximate surface area is 194 Å². The molecule has 1 N–H and O–H groups in total. The number of nitrogens with zero attached hydrogens (tertiary/aromatic N) is 2. The van der Waals surface area contributed by atoms with Crippen LogP contribution in [0.5, 0.6) is 0 Å². The van der Waals surface area contributed by atoms with Crippen molar-refractivity contribution in [3.05, 3.63) is 88.9 Å². The number of para-hydroxylation sites is 2. The van der Waals surface area contributed by atoms with Crippen LogP contribution in [0.3, 0.4) is 0 Å². The molecule has 1 aliphatic heterocycles. The lowest BCUT2D eigenvalue weighted by Crippen LogP contribution is -2.31. The highest BCUT2D eigenvalue weighted by molar-refractivity contribution is 8.15. The normalized spacial score (nSPS) is 16.6. The second-order valence-electron chi connectivity index (χ2n) is 6.72. The van der Waals surface area contributed by atoms with E-state index in [1.807, 2.05) is 60.7 Å². The van der Waals surface area contributed by atoms with Gasteiger partial charge in [0.2, 0.25) is 11.8 Å². The maximum atomic E-state index is 13.1. The van der Waals surface area contributed by atoms with Crippen LogP contribution in [0.4, 0.5) is 17.1 Å². The van der Waals surface area contributed by atoms with Crippen LogP contribution >= 0.6 is 35.0 Å². The Morgan fingerprint density at radius 3 is 2.29 bits per heavy atom. The molecule has 1 saturated heterocycles. The molecule has 156 valence electrons. The first-order valence-corrected chi connectivity index (χ1v) is 11.1. The smallest absolute Gasteiger partial charge is 0.247 e. The maximum Gasteiger partial charge on any atom is 0.247 e. The molecule has 1 heterocycles. The SMILES string of the molecule is O=C1C[C@@H](SC(=Nc2ccccc2)Nc2ccccc2)C(=O)N1c1ccc(Cl)c(Cl)c1. The van der Waals surface area contributed by atoms with Crippen LogP contribution in [0.1, 0.15) is 6.42 Å². The molecule has 1 fully saturated rings. The fraction of sp³-hybridized carbons (Fsp3) is 0.0870. The Morgan fingerprint density at radius 2 is 1.61 bits per heavy atom. The van der Waals surface area contributed by atoms with Gasteiger partial charge in [0.05, 0.1) is 21.4 Å². The van der Waals surface area contributed by atoms with Crippen molar-refractivity contribution in [2.24, 2.45) is 4.99 Å². The Morgan fingerprint density at radius 1 is 0.935 bits per heavy atom. The second kappa shape index (κ2) is 9.56. The van der Waals surface area contributed by atoms with Crippen molar-refractivity contribution in [3.8, 4) is 0 Å². The average molecular weight is 470 g/mol. The number of imide groups is 1. The van der Waals surface area contributed by atoms with E-state index in [9.17, 15) is 9.59 Å². The lowest BCUT2D eigenvalue weighted by molar-refractivity contribution is -0.121. The molecule has 2 amide bonds. The van der Waals surface area contributed by atoms with E-state index in [-0.39, 0.29) is 23.3 Å². The van der Waals surface area contributed by atoms with Crippen molar-refractivity contribution in [1.82, 2.24) is 0 Å². The highest BCUT2D eigenvalue weighted by atomic mass is 35.5. The van der Waals surface area contributed by atoms with E-state index in [0.29, 0.717) is 15.9 Å². The lowest BCUT2D eigenvalue weighted by Gasteiger charge is -2.16. The standard InChI is InChI=1S/C23H17Cl2N3O2S/c24-18-12-11-17(13-19(18)25)28-21(29)14-20(22(28)30)31-23(26-15-7-3-1-4-8-15)27-16-9-5-2-6-10-16/h1-13,20H,14H2,(H,26,27)/t20-/m1/s1. The number of benzene rings is 3. The number of nitrogens with one attached hydrogen (secondary N) is 1. The van der Waals surface area contributed by atoms with Gasteiger partial charge in [0.1, 0.15) is 5.25 Å². The van der Waals surface area contributed by atoms with Gasteiger partial charge in [-0.25, -0.2) is 9.89 Å². The molecule has 0 radical (unpaired) electrons. The predicted octanol–water partition coefficient (Wildman–Crippen LogP) is 6.16. The van der Waals surface area contributed by atoms with E-state index < -0.39 is 5.25 Å². The van der Waals surface area contributed by atoms with E-state index >= 15 is 0 Å². The van der Waals surface area contributed by atoms with Gasteiger partial charge in [-0.05, 0) is 42.5 Å². The van der Waals surface area contributed by atoms with Crippen molar-refractivity contribution in [2.45, 2.75) is 11.7 Å². The molecule has 5 nitrogen and oxygen atoms in total. The van der Waals surface area contributed by atoms with Crippen molar-refractivity contribution in [3.63, 3.8) is 0 Å². The second-order valence-corrected chi connectivity index (χ2v) is 8.73. The molecule has 8 heteroatoms. The van der Waals surface area contributed by atoms with Gasteiger partial charge in [-0.15, -0.1) is 0 Å². The molecule has 0 bridgehead atoms. The number of aliphatic imine (C=N–C) groups is 1. The molecule has 4 rings (SSSR count). The molecule has 3 aromatic rings. The van der Waals surface area contributed by atoms with Gasteiger partial charge < -0.3 is 5.32 Å². The number of rotatable bonds is 4. The molecule has 0 saturated carbocycles. The minimum Gasteiger partial charge on any atom is -0.335 e. The molecular weight excluding hydrogens is 453 g/mol. The summed E-state index contributed by atoms with van der Waals surface area (Å²) in [5.41, 5.74) is 1.99. The molecule has 31 heavy (non-hydrogen) atoms. The lowest BCUT2D eigenvalue weighted by atomic mass is 10.3. The minimum atomic E-state index is -0.611. The molecule has 0 aromatic heterocycles. The zero-order chi connectivity index (χ0) is 21.8. The minimum absolute atomic E-state index is 0.0635. The molecule has 0 aliphatic carbocycles. The van der Waals surface area contributed by atoms with E-state index in [4.69, 9.17) is 23.2 Å². The molecule has 3 aromatic carbocycles. The van der Waals surface area contributed by atoms with Crippen molar-refractivity contribution in [2.75, 3.05) is 10.2 Å². The highest BCUT2D eigenvalue weighted by Crippen LogP contribution is 2.34. The number of amidine groups is 1. The zero-order valence-electron chi connectivity index (χ0n) is 16.2. The quantitative estimate of drug-likeness (QED) is 0.282. The third-order valence-electron chi connectivity index (χ3n) is 4.53. The van der Waals surface area contributed by atoms with Crippen molar-refractivity contribution >= 4 is 69.0 Å². The van der Waals surface area contributed by atoms with Gasteiger partial charge in [-0.3, -0.25) is 9.59 Å². The summed E-state index contributed by atoms with van der Waals surface area (Å²) < 4.78 is 0. The number of carbonyl (C=O) groups excluding carboxylic acids is 2. The number of carbonyl (C=O) groups is 2. The summed E-state index contributed by atoms with van der Waals surface area (Å²) in [5, 5.41) is 3.82. The first-order chi connectivity index (χ1) is 15.0. The number of anilines is 2. The first-order valence-electron chi connectivity index (χ1n) is 9.45. The van der Waals surface area contributed by atoms with Crippen LogP contribution < -0.4 is 10.2 Å². The predicted molar refractivity (Wildman–Crippen MR) is 129 cm³/mol. The largest absolute Gasteiger partial charge is 0.335 e. The van der Waals surface area contributed by atoms with Crippen LogP contribution in [0.2, 0.25) is 10.0 Å². The molecule has 1 aliphatic rings. The molecular formula is C23H17Cl2N3O2S. The monoisotopic (exact) mass is 469 g/mol. The van der Waals surface area contributed by atoms with Crippen LogP contribution in [0.15, 0.2) is 83.9 Å². The van der Waals surface area contributed by atoms with Gasteiger partial charge >= 0.3 is 0 Å². The molecule has 0 spiro atoms. The van der Waals surface area contributed by atoms with Crippen LogP contribution in [0, 0.1) is 0 Å². The fourth-order valence-electron chi connectivity index (χ4n) is 3.07. The van der Waals surface area contributed by atoms with Crippen LogP contribution in [-0.4, -0.2) is 22.2 Å². The van der Waals surface area contributed by atoms with Crippen LogP contribution in [0.25, 0.3) is 0 Å². The van der Waals surface area contributed by atoms with Crippen molar-refractivity contribution in [1.29, 1.82) is 0 Å². The number of thioether (sulfide) groups is 1.